The molecular formula is C72H57NO. The molecule has 1 heterocycles. The number of allylic oxidation sites excluding steroid dienone is 6. The first-order valence-corrected chi connectivity index (χ1v) is 26.6. The van der Waals surface area contributed by atoms with Crippen LogP contribution in [0.1, 0.15) is 101 Å². The van der Waals surface area contributed by atoms with Crippen LogP contribution < -0.4 is 9.64 Å². The molecular weight excluding hydrogens is 895 g/mol. The molecule has 0 aromatic heterocycles. The molecule has 1 aliphatic heterocycles. The maximum Gasteiger partial charge on any atom is 0.139 e. The Labute approximate surface area is 436 Å². The van der Waals surface area contributed by atoms with E-state index < -0.39 is 5.41 Å². The number of anilines is 3. The minimum atomic E-state index is -0.588. The fourth-order valence-electron chi connectivity index (χ4n) is 13.4. The molecule has 5 aliphatic rings. The second-order valence-corrected chi connectivity index (χ2v) is 21.3. The summed E-state index contributed by atoms with van der Waals surface area (Å²) in [7, 11) is 0. The largest absolute Gasteiger partial charge is 0.456 e. The number of aryl methyl sites for hydroxylation is 1. The highest BCUT2D eigenvalue weighted by Gasteiger charge is 2.53. The lowest BCUT2D eigenvalue weighted by atomic mass is 9.64. The third-order valence-corrected chi connectivity index (χ3v) is 16.9. The van der Waals surface area contributed by atoms with E-state index in [-0.39, 0.29) is 5.41 Å². The second kappa shape index (κ2) is 17.1. The quantitative estimate of drug-likeness (QED) is 0.158. The van der Waals surface area contributed by atoms with Crippen LogP contribution in [0.4, 0.5) is 17.1 Å². The summed E-state index contributed by atoms with van der Waals surface area (Å²) in [6.07, 6.45) is 20.0. The Morgan fingerprint density at radius 1 is 0.486 bits per heavy atom. The third-order valence-electron chi connectivity index (χ3n) is 16.9. The summed E-state index contributed by atoms with van der Waals surface area (Å²) in [5.74, 6) is 1.98. The minimum absolute atomic E-state index is 0.146. The Morgan fingerprint density at radius 3 is 1.96 bits per heavy atom. The summed E-state index contributed by atoms with van der Waals surface area (Å²) >= 11 is 0. The molecule has 1 atom stereocenters. The number of ether oxygens (including phenoxy) is 1. The predicted molar refractivity (Wildman–Crippen MR) is 310 cm³/mol. The van der Waals surface area contributed by atoms with Crippen LogP contribution in [0, 0.1) is 6.92 Å². The number of benzene rings is 9. The van der Waals surface area contributed by atoms with Gasteiger partial charge < -0.3 is 9.64 Å². The van der Waals surface area contributed by atoms with Crippen LogP contribution in [0.25, 0.3) is 62.2 Å². The van der Waals surface area contributed by atoms with Crippen molar-refractivity contribution in [2.75, 3.05) is 4.90 Å². The van der Waals surface area contributed by atoms with Gasteiger partial charge in [0.05, 0.1) is 5.41 Å². The SMILES string of the molecule is C/C=C\c1c(C)ccc2c1Oc1c(ccc3c1CCC=C3)C21c2ccccc2-c2c(-c3ccc(N(c4ccc(C5=CCCC=C5)c(-c5ccccc5)c4)c4ccc5c(c4)C(C)(C)c4ccccc4-5)cc3)cccc21. The maximum absolute atomic E-state index is 7.31. The van der Waals surface area contributed by atoms with Crippen LogP contribution >= 0.6 is 0 Å². The smallest absolute Gasteiger partial charge is 0.139 e. The van der Waals surface area contributed by atoms with Crippen molar-refractivity contribution in [3.8, 4) is 56.0 Å². The monoisotopic (exact) mass is 951 g/mol. The molecule has 1 unspecified atom stereocenters. The topological polar surface area (TPSA) is 12.5 Å². The lowest BCUT2D eigenvalue weighted by Gasteiger charge is -2.41. The molecule has 4 aliphatic carbocycles. The van der Waals surface area contributed by atoms with Gasteiger partial charge in [-0.1, -0.05) is 202 Å². The van der Waals surface area contributed by atoms with E-state index in [0.29, 0.717) is 0 Å². The van der Waals surface area contributed by atoms with Crippen molar-refractivity contribution in [2.45, 2.75) is 64.2 Å². The number of fused-ring (bicyclic) bond motifs is 14. The minimum Gasteiger partial charge on any atom is -0.456 e. The molecule has 0 radical (unpaired) electrons. The molecule has 0 fully saturated rings. The lowest BCUT2D eigenvalue weighted by Crippen LogP contribution is -2.33. The van der Waals surface area contributed by atoms with Crippen molar-refractivity contribution in [1.29, 1.82) is 0 Å². The van der Waals surface area contributed by atoms with Gasteiger partial charge in [-0.25, -0.2) is 0 Å². The standard InChI is InChI=1S/C72H57NO/c1-5-19-54-46(2)32-42-65-69(54)74-70-57-25-13-12-24-49(57)35-43-66(70)72(65)63-30-17-15-27-60(63)68-56(28-18-31-64(68)72)50-33-36-51(37-34-50)73(53-39-41-59-58-26-14-16-29-62(58)71(3,4)67(59)45-53)52-38-40-55(47-20-8-6-9-21-47)61(44-52)48-22-10-7-11-23-48/h5,7-8,10-12,14-24,26-45H,6,9,13,25H2,1-4H3/b19-5-. The summed E-state index contributed by atoms with van der Waals surface area (Å²) in [6, 6.07) is 68.9. The highest BCUT2D eigenvalue weighted by Crippen LogP contribution is 2.65. The highest BCUT2D eigenvalue weighted by atomic mass is 16.5. The third kappa shape index (κ3) is 6.50. The second-order valence-electron chi connectivity index (χ2n) is 21.3. The first kappa shape index (κ1) is 44.3. The molecule has 0 bridgehead atoms. The summed E-state index contributed by atoms with van der Waals surface area (Å²) in [6.45, 7) is 9.06. The van der Waals surface area contributed by atoms with Crippen molar-refractivity contribution in [2.24, 2.45) is 0 Å². The first-order valence-electron chi connectivity index (χ1n) is 26.6. The molecule has 0 amide bonds. The fraction of sp³-hybridized carbons (Fsp3) is 0.139. The average Bonchev–Trinajstić information content (AvgIpc) is 3.87. The zero-order valence-corrected chi connectivity index (χ0v) is 42.5. The molecule has 2 heteroatoms. The molecule has 74 heavy (non-hydrogen) atoms. The van der Waals surface area contributed by atoms with Crippen molar-refractivity contribution >= 4 is 34.8 Å². The molecule has 9 aromatic rings. The number of nitrogens with zero attached hydrogens (tertiary/aromatic N) is 1. The van der Waals surface area contributed by atoms with E-state index in [2.05, 4.69) is 257 Å². The molecule has 9 aromatic carbocycles. The van der Waals surface area contributed by atoms with Crippen molar-refractivity contribution < 1.29 is 4.74 Å². The van der Waals surface area contributed by atoms with Crippen molar-refractivity contribution in [3.05, 3.63) is 274 Å². The van der Waals surface area contributed by atoms with Gasteiger partial charge in [-0.15, -0.1) is 0 Å². The number of rotatable bonds is 7. The molecule has 14 rings (SSSR count). The summed E-state index contributed by atoms with van der Waals surface area (Å²) < 4.78 is 7.31. The Balaban J connectivity index is 0.957. The van der Waals surface area contributed by atoms with Crippen LogP contribution in [0.3, 0.4) is 0 Å². The molecule has 0 saturated carbocycles. The van der Waals surface area contributed by atoms with Gasteiger partial charge in [0, 0.05) is 44.7 Å². The summed E-state index contributed by atoms with van der Waals surface area (Å²) in [4.78, 5) is 2.47. The average molecular weight is 952 g/mol. The van der Waals surface area contributed by atoms with Gasteiger partial charge >= 0.3 is 0 Å². The lowest BCUT2D eigenvalue weighted by molar-refractivity contribution is 0.429. The molecule has 2 nitrogen and oxygen atoms in total. The summed E-state index contributed by atoms with van der Waals surface area (Å²) in [5.41, 5.74) is 27.9. The number of hydrogen-bond donors (Lipinski definition) is 0. The highest BCUT2D eigenvalue weighted by molar-refractivity contribution is 5.98. The van der Waals surface area contributed by atoms with Gasteiger partial charge in [-0.3, -0.25) is 0 Å². The van der Waals surface area contributed by atoms with Crippen molar-refractivity contribution in [1.82, 2.24) is 0 Å². The molecule has 356 valence electrons. The number of hydrogen-bond acceptors (Lipinski definition) is 2. The van der Waals surface area contributed by atoms with Crippen LogP contribution in [-0.4, -0.2) is 0 Å². The van der Waals surface area contributed by atoms with E-state index in [1.165, 1.54) is 106 Å². The van der Waals surface area contributed by atoms with Crippen LogP contribution in [0.15, 0.2) is 212 Å². The van der Waals surface area contributed by atoms with E-state index >= 15 is 0 Å². The van der Waals surface area contributed by atoms with Gasteiger partial charge in [0.1, 0.15) is 11.5 Å². The van der Waals surface area contributed by atoms with Gasteiger partial charge in [0.25, 0.3) is 0 Å². The maximum atomic E-state index is 7.31. The Morgan fingerprint density at radius 2 is 1.15 bits per heavy atom. The summed E-state index contributed by atoms with van der Waals surface area (Å²) in [5, 5.41) is 0. The Kier molecular flexibility index (Phi) is 10.2. The zero-order chi connectivity index (χ0) is 49.7. The molecule has 1 spiro atoms. The van der Waals surface area contributed by atoms with Gasteiger partial charge in [-0.05, 0) is 165 Å². The van der Waals surface area contributed by atoms with Crippen LogP contribution in [0.2, 0.25) is 0 Å². The van der Waals surface area contributed by atoms with Gasteiger partial charge in [0.2, 0.25) is 0 Å². The van der Waals surface area contributed by atoms with E-state index in [4.69, 9.17) is 4.74 Å². The van der Waals surface area contributed by atoms with E-state index in [1.54, 1.807) is 0 Å². The van der Waals surface area contributed by atoms with Crippen LogP contribution in [0.5, 0.6) is 11.5 Å². The van der Waals surface area contributed by atoms with E-state index in [9.17, 15) is 0 Å². The van der Waals surface area contributed by atoms with Crippen LogP contribution in [-0.2, 0) is 17.3 Å². The van der Waals surface area contributed by atoms with E-state index in [0.717, 1.165) is 59.8 Å². The molecule has 0 N–H and O–H groups in total. The van der Waals surface area contributed by atoms with Crippen molar-refractivity contribution in [3.63, 3.8) is 0 Å². The van der Waals surface area contributed by atoms with E-state index in [1.807, 2.05) is 0 Å². The molecule has 0 saturated heterocycles. The first-order chi connectivity index (χ1) is 36.3. The predicted octanol–water partition coefficient (Wildman–Crippen LogP) is 19.3. The zero-order valence-electron chi connectivity index (χ0n) is 42.5. The Hall–Kier alpha value is -8.46. The fourth-order valence-corrected chi connectivity index (χ4v) is 13.4. The Bertz CT molecular complexity index is 3920. The normalized spacial score (nSPS) is 16.9. The van der Waals surface area contributed by atoms with Gasteiger partial charge in [0.15, 0.2) is 0 Å². The van der Waals surface area contributed by atoms with Gasteiger partial charge in [-0.2, -0.15) is 0 Å².